The van der Waals surface area contributed by atoms with Gasteiger partial charge >= 0.3 is 5.69 Å². The van der Waals surface area contributed by atoms with E-state index in [1.165, 1.54) is 32.9 Å². The van der Waals surface area contributed by atoms with Crippen LogP contribution in [0.25, 0.3) is 5.69 Å². The van der Waals surface area contributed by atoms with E-state index in [-0.39, 0.29) is 24.1 Å². The second kappa shape index (κ2) is 14.4. The van der Waals surface area contributed by atoms with E-state index in [0.29, 0.717) is 40.4 Å². The first kappa shape index (κ1) is 34.0. The molecule has 0 aliphatic carbocycles. The number of ether oxygens (including phenoxy) is 3. The quantitative estimate of drug-likeness (QED) is 0.167. The van der Waals surface area contributed by atoms with E-state index in [9.17, 15) is 9.59 Å². The van der Waals surface area contributed by atoms with Gasteiger partial charge in [0.15, 0.2) is 5.78 Å². The van der Waals surface area contributed by atoms with Gasteiger partial charge in [0.05, 0.1) is 35.8 Å². The Hall–Kier alpha value is -4.49. The number of Topliss-reactive ketones (excluding diaryl/α,β-unsaturated/α-hetero) is 1. The van der Waals surface area contributed by atoms with Crippen molar-refractivity contribution in [2.75, 3.05) is 31.2 Å². The molecule has 0 N–H and O–H groups in total. The highest BCUT2D eigenvalue weighted by molar-refractivity contribution is 6.35. The molecule has 50 heavy (non-hydrogen) atoms. The third kappa shape index (κ3) is 7.06. The SMILES string of the molecule is CC(=O)C(C)n1cnn(-c2ccc(N3CCC(c4ccc(OC[C@@H]5CO[C@@](Cn6nccn6)(c6ccc(Cl)cc6Cl)O5)cc4)CC3)cc2)c1=O. The van der Waals surface area contributed by atoms with Gasteiger partial charge in [0, 0.05) is 29.4 Å². The summed E-state index contributed by atoms with van der Waals surface area (Å²) in [6.45, 7) is 5.81. The fourth-order valence-electron chi connectivity index (χ4n) is 6.52. The predicted molar refractivity (Wildman–Crippen MR) is 188 cm³/mol. The number of hydrogen-bond acceptors (Lipinski definition) is 9. The van der Waals surface area contributed by atoms with Crippen LogP contribution < -0.4 is 15.3 Å². The minimum atomic E-state index is -1.19. The number of halogens is 2. The van der Waals surface area contributed by atoms with Gasteiger partial charge in [-0.25, -0.2) is 4.79 Å². The first-order chi connectivity index (χ1) is 24.2. The number of carbonyl (C=O) groups excluding carboxylic acids is 1. The van der Waals surface area contributed by atoms with Gasteiger partial charge in [-0.2, -0.15) is 24.8 Å². The third-order valence-corrected chi connectivity index (χ3v) is 10.0. The second-order valence-electron chi connectivity index (χ2n) is 12.7. The summed E-state index contributed by atoms with van der Waals surface area (Å²) in [5, 5.41) is 13.6. The highest BCUT2D eigenvalue weighted by Crippen LogP contribution is 2.40. The highest BCUT2D eigenvalue weighted by atomic mass is 35.5. The Kier molecular flexibility index (Phi) is 9.78. The Morgan fingerprint density at radius 1 is 0.980 bits per heavy atom. The van der Waals surface area contributed by atoms with Crippen molar-refractivity contribution in [2.45, 2.75) is 57.1 Å². The molecule has 0 spiro atoms. The Morgan fingerprint density at radius 2 is 1.68 bits per heavy atom. The van der Waals surface area contributed by atoms with Crippen LogP contribution in [-0.4, -0.2) is 67.5 Å². The van der Waals surface area contributed by atoms with Gasteiger partial charge < -0.3 is 19.1 Å². The molecule has 2 aromatic heterocycles. The lowest BCUT2D eigenvalue weighted by Gasteiger charge is -2.34. The summed E-state index contributed by atoms with van der Waals surface area (Å²) in [6.07, 6.45) is 6.30. The normalized spacial score (nSPS) is 20.2. The van der Waals surface area contributed by atoms with E-state index < -0.39 is 11.8 Å². The lowest BCUT2D eigenvalue weighted by Crippen LogP contribution is -2.35. The maximum absolute atomic E-state index is 12.8. The number of aromatic nitrogens is 6. The van der Waals surface area contributed by atoms with Crippen LogP contribution in [-0.2, 0) is 26.6 Å². The topological polar surface area (TPSA) is 119 Å². The zero-order chi connectivity index (χ0) is 34.8. The molecule has 7 rings (SSSR count). The molecule has 2 aliphatic heterocycles. The van der Waals surface area contributed by atoms with Crippen molar-refractivity contribution >= 4 is 34.7 Å². The molecule has 12 nitrogen and oxygen atoms in total. The van der Waals surface area contributed by atoms with Gasteiger partial charge in [-0.1, -0.05) is 41.4 Å². The molecule has 0 amide bonds. The van der Waals surface area contributed by atoms with Crippen LogP contribution in [0.1, 0.15) is 49.8 Å². The predicted octanol–water partition coefficient (Wildman–Crippen LogP) is 5.81. The third-order valence-electron chi connectivity index (χ3n) is 9.46. The van der Waals surface area contributed by atoms with E-state index in [1.807, 2.05) is 36.4 Å². The maximum atomic E-state index is 12.8. The van der Waals surface area contributed by atoms with Crippen LogP contribution in [0, 0.1) is 0 Å². The number of benzene rings is 3. The molecule has 2 fully saturated rings. The number of piperidine rings is 1. The van der Waals surface area contributed by atoms with E-state index in [1.54, 1.807) is 37.5 Å². The summed E-state index contributed by atoms with van der Waals surface area (Å²) >= 11 is 12.7. The van der Waals surface area contributed by atoms with Gasteiger partial charge in [0.1, 0.15) is 31.3 Å². The highest BCUT2D eigenvalue weighted by Gasteiger charge is 2.46. The van der Waals surface area contributed by atoms with Crippen LogP contribution in [0.2, 0.25) is 10.0 Å². The first-order valence-electron chi connectivity index (χ1n) is 16.6. The fraction of sp³-hybridized carbons (Fsp3) is 0.361. The molecular weight excluding hydrogens is 681 g/mol. The molecule has 14 heteroatoms. The largest absolute Gasteiger partial charge is 0.491 e. The molecular formula is C36H37Cl2N7O5. The summed E-state index contributed by atoms with van der Waals surface area (Å²) in [6, 6.07) is 20.8. The molecule has 2 saturated heterocycles. The molecule has 2 aliphatic rings. The van der Waals surface area contributed by atoms with Crippen molar-refractivity contribution in [1.29, 1.82) is 0 Å². The summed E-state index contributed by atoms with van der Waals surface area (Å²) in [5.74, 6) is -0.0816. The number of nitrogens with zero attached hydrogens (tertiary/aromatic N) is 7. The van der Waals surface area contributed by atoms with E-state index in [0.717, 1.165) is 37.4 Å². The average molecular weight is 719 g/mol. The molecule has 3 aromatic carbocycles. The van der Waals surface area contributed by atoms with Crippen LogP contribution in [0.5, 0.6) is 5.75 Å². The van der Waals surface area contributed by atoms with Gasteiger partial charge in [-0.05, 0) is 86.7 Å². The lowest BCUT2D eigenvalue weighted by atomic mass is 9.89. The number of ketones is 1. The summed E-state index contributed by atoms with van der Waals surface area (Å²) in [5.41, 5.74) is 3.36. The summed E-state index contributed by atoms with van der Waals surface area (Å²) < 4.78 is 21.5. The smallest absolute Gasteiger partial charge is 0.351 e. The zero-order valence-corrected chi connectivity index (χ0v) is 29.2. The Morgan fingerprint density at radius 3 is 2.36 bits per heavy atom. The van der Waals surface area contributed by atoms with Crippen molar-refractivity contribution in [1.82, 2.24) is 29.3 Å². The molecule has 0 radical (unpaired) electrons. The van der Waals surface area contributed by atoms with Crippen molar-refractivity contribution in [3.05, 3.63) is 117 Å². The molecule has 3 atom stereocenters. The molecule has 1 unspecified atom stereocenters. The van der Waals surface area contributed by atoms with E-state index in [4.69, 9.17) is 37.4 Å². The molecule has 260 valence electrons. The van der Waals surface area contributed by atoms with Gasteiger partial charge in [-0.15, -0.1) is 0 Å². The Labute approximate surface area is 299 Å². The van der Waals surface area contributed by atoms with Gasteiger partial charge in [0.2, 0.25) is 5.79 Å². The average Bonchev–Trinajstić information content (AvgIpc) is 3.88. The minimum Gasteiger partial charge on any atom is -0.491 e. The zero-order valence-electron chi connectivity index (χ0n) is 27.7. The monoisotopic (exact) mass is 717 g/mol. The number of hydrogen-bond donors (Lipinski definition) is 0. The van der Waals surface area contributed by atoms with Crippen LogP contribution in [0.3, 0.4) is 0 Å². The van der Waals surface area contributed by atoms with E-state index in [2.05, 4.69) is 32.3 Å². The summed E-state index contributed by atoms with van der Waals surface area (Å²) in [7, 11) is 0. The molecule has 4 heterocycles. The van der Waals surface area contributed by atoms with Crippen molar-refractivity contribution in [2.24, 2.45) is 0 Å². The maximum Gasteiger partial charge on any atom is 0.351 e. The number of carbonyl (C=O) groups is 1. The van der Waals surface area contributed by atoms with Gasteiger partial charge in [-0.3, -0.25) is 9.36 Å². The van der Waals surface area contributed by atoms with Crippen LogP contribution >= 0.6 is 23.2 Å². The first-order valence-corrected chi connectivity index (χ1v) is 17.3. The second-order valence-corrected chi connectivity index (χ2v) is 13.5. The summed E-state index contributed by atoms with van der Waals surface area (Å²) in [4.78, 5) is 28.4. The van der Waals surface area contributed by atoms with Crippen molar-refractivity contribution in [3.63, 3.8) is 0 Å². The van der Waals surface area contributed by atoms with Gasteiger partial charge in [0.25, 0.3) is 0 Å². The standard InChI is InChI=1S/C36H37Cl2N7O5/c1-24(25(2)46)43-23-41-45(35(43)47)30-8-6-29(7-9-30)42-17-13-27(14-18-42)26-3-10-31(11-4-26)48-20-32-21-49-36(50-32,22-44-39-15-16-40-44)33-12-5-28(37)19-34(33)38/h3-12,15-16,19,23-24,27,32H,13-14,17-18,20-22H2,1-2H3/t24?,32-,36-/m1/s1. The van der Waals surface area contributed by atoms with Crippen molar-refractivity contribution < 1.29 is 19.0 Å². The van der Waals surface area contributed by atoms with Crippen LogP contribution in [0.15, 0.2) is 90.2 Å². The van der Waals surface area contributed by atoms with Crippen LogP contribution in [0.4, 0.5) is 5.69 Å². The fourth-order valence-corrected chi connectivity index (χ4v) is 7.07. The minimum absolute atomic E-state index is 0.0930. The Bertz CT molecular complexity index is 1990. The molecule has 5 aromatic rings. The molecule has 0 bridgehead atoms. The van der Waals surface area contributed by atoms with E-state index >= 15 is 0 Å². The number of anilines is 1. The Balaban J connectivity index is 0.925. The number of rotatable bonds is 11. The lowest BCUT2D eigenvalue weighted by molar-refractivity contribution is -0.192. The van der Waals surface area contributed by atoms with Crippen molar-refractivity contribution in [3.8, 4) is 11.4 Å². The molecule has 0 saturated carbocycles.